The zero-order chi connectivity index (χ0) is 13.7. The maximum absolute atomic E-state index is 11.6. The van der Waals surface area contributed by atoms with Crippen LogP contribution in [0.3, 0.4) is 0 Å². The highest BCUT2D eigenvalue weighted by atomic mass is 16.1. The number of hydrogen-bond acceptors (Lipinski definition) is 3. The van der Waals surface area contributed by atoms with Gasteiger partial charge in [-0.25, -0.2) is 0 Å². The first-order valence-corrected chi connectivity index (χ1v) is 6.69. The van der Waals surface area contributed by atoms with Crippen molar-refractivity contribution in [3.05, 3.63) is 35.4 Å². The molecule has 0 aliphatic heterocycles. The van der Waals surface area contributed by atoms with Gasteiger partial charge >= 0.3 is 0 Å². The molecule has 19 heavy (non-hydrogen) atoms. The standard InChI is InChI=1S/C15H19N3O/c1-11(14-6-4-12(8-16)5-7-14)17-10-15(19)18-9-13-2-3-13/h4-7,11,13,17H,2-3,9-10H2,1H3,(H,18,19). The summed E-state index contributed by atoms with van der Waals surface area (Å²) in [6.45, 7) is 3.15. The number of rotatable bonds is 6. The normalized spacial score (nSPS) is 15.6. The second-order valence-electron chi connectivity index (χ2n) is 5.08. The number of hydrogen-bond donors (Lipinski definition) is 2. The van der Waals surface area contributed by atoms with Crippen LogP contribution in [0.5, 0.6) is 0 Å². The van der Waals surface area contributed by atoms with E-state index in [4.69, 9.17) is 5.26 Å². The summed E-state index contributed by atoms with van der Waals surface area (Å²) in [4.78, 5) is 11.6. The molecule has 0 saturated heterocycles. The van der Waals surface area contributed by atoms with E-state index in [1.165, 1.54) is 12.8 Å². The Hall–Kier alpha value is -1.86. The van der Waals surface area contributed by atoms with Crippen LogP contribution in [0, 0.1) is 17.2 Å². The quantitative estimate of drug-likeness (QED) is 0.815. The van der Waals surface area contributed by atoms with Crippen molar-refractivity contribution in [2.45, 2.75) is 25.8 Å². The van der Waals surface area contributed by atoms with E-state index in [0.29, 0.717) is 18.0 Å². The third kappa shape index (κ3) is 4.38. The zero-order valence-electron chi connectivity index (χ0n) is 11.1. The van der Waals surface area contributed by atoms with Gasteiger partial charge in [-0.2, -0.15) is 5.26 Å². The average molecular weight is 257 g/mol. The molecule has 0 heterocycles. The summed E-state index contributed by atoms with van der Waals surface area (Å²) in [5, 5.41) is 14.8. The fourth-order valence-corrected chi connectivity index (χ4v) is 1.85. The summed E-state index contributed by atoms with van der Waals surface area (Å²) in [6, 6.07) is 9.60. The van der Waals surface area contributed by atoms with E-state index in [-0.39, 0.29) is 11.9 Å². The van der Waals surface area contributed by atoms with Crippen LogP contribution in [0.25, 0.3) is 0 Å². The van der Waals surface area contributed by atoms with Gasteiger partial charge in [0.1, 0.15) is 0 Å². The maximum Gasteiger partial charge on any atom is 0.233 e. The highest BCUT2D eigenvalue weighted by molar-refractivity contribution is 5.78. The Kier molecular flexibility index (Phi) is 4.53. The molecule has 1 aliphatic rings. The summed E-state index contributed by atoms with van der Waals surface area (Å²) in [5.74, 6) is 0.757. The summed E-state index contributed by atoms with van der Waals surface area (Å²) >= 11 is 0. The van der Waals surface area contributed by atoms with Gasteiger partial charge in [0.05, 0.1) is 18.2 Å². The molecule has 1 aromatic carbocycles. The monoisotopic (exact) mass is 257 g/mol. The lowest BCUT2D eigenvalue weighted by molar-refractivity contribution is -0.120. The lowest BCUT2D eigenvalue weighted by atomic mass is 10.1. The van der Waals surface area contributed by atoms with Crippen LogP contribution < -0.4 is 10.6 Å². The third-order valence-corrected chi connectivity index (χ3v) is 3.39. The second-order valence-corrected chi connectivity index (χ2v) is 5.08. The van der Waals surface area contributed by atoms with E-state index in [2.05, 4.69) is 16.7 Å². The van der Waals surface area contributed by atoms with Crippen molar-refractivity contribution in [3.8, 4) is 6.07 Å². The minimum Gasteiger partial charge on any atom is -0.355 e. The van der Waals surface area contributed by atoms with Gasteiger partial charge in [-0.15, -0.1) is 0 Å². The lowest BCUT2D eigenvalue weighted by Crippen LogP contribution is -2.36. The molecule has 0 aromatic heterocycles. The predicted molar refractivity (Wildman–Crippen MR) is 73.3 cm³/mol. The Bertz CT molecular complexity index is 471. The summed E-state index contributed by atoms with van der Waals surface area (Å²) in [6.07, 6.45) is 2.49. The van der Waals surface area contributed by atoms with Gasteiger partial charge < -0.3 is 10.6 Å². The molecule has 1 aliphatic carbocycles. The van der Waals surface area contributed by atoms with Crippen LogP contribution in [0.4, 0.5) is 0 Å². The molecule has 1 amide bonds. The molecule has 0 bridgehead atoms. The van der Waals surface area contributed by atoms with Crippen molar-refractivity contribution in [2.75, 3.05) is 13.1 Å². The molecular formula is C15H19N3O. The van der Waals surface area contributed by atoms with Gasteiger partial charge in [0.15, 0.2) is 0 Å². The lowest BCUT2D eigenvalue weighted by Gasteiger charge is -2.14. The number of carbonyl (C=O) groups is 1. The molecule has 100 valence electrons. The van der Waals surface area contributed by atoms with Crippen molar-refractivity contribution < 1.29 is 4.79 Å². The molecule has 1 fully saturated rings. The van der Waals surface area contributed by atoms with Crippen molar-refractivity contribution in [1.29, 1.82) is 5.26 Å². The summed E-state index contributed by atoms with van der Waals surface area (Å²) < 4.78 is 0. The maximum atomic E-state index is 11.6. The smallest absolute Gasteiger partial charge is 0.233 e. The zero-order valence-corrected chi connectivity index (χ0v) is 11.1. The van der Waals surface area contributed by atoms with E-state index in [9.17, 15) is 4.79 Å². The SMILES string of the molecule is CC(NCC(=O)NCC1CC1)c1ccc(C#N)cc1. The van der Waals surface area contributed by atoms with Crippen LogP contribution in [0.15, 0.2) is 24.3 Å². The van der Waals surface area contributed by atoms with Crippen LogP contribution in [-0.4, -0.2) is 19.0 Å². The van der Waals surface area contributed by atoms with Crippen LogP contribution in [0.1, 0.15) is 36.9 Å². The number of nitrogens with zero attached hydrogens (tertiary/aromatic N) is 1. The topological polar surface area (TPSA) is 64.9 Å². The first-order chi connectivity index (χ1) is 9.19. The van der Waals surface area contributed by atoms with Crippen LogP contribution in [-0.2, 0) is 4.79 Å². The molecule has 1 saturated carbocycles. The minimum absolute atomic E-state index is 0.0485. The van der Waals surface area contributed by atoms with E-state index >= 15 is 0 Å². The first-order valence-electron chi connectivity index (χ1n) is 6.69. The number of nitriles is 1. The van der Waals surface area contributed by atoms with Crippen LogP contribution in [0.2, 0.25) is 0 Å². The van der Waals surface area contributed by atoms with Gasteiger partial charge in [-0.3, -0.25) is 4.79 Å². The number of nitrogens with one attached hydrogen (secondary N) is 2. The van der Waals surface area contributed by atoms with Gasteiger partial charge in [-0.1, -0.05) is 12.1 Å². The fraction of sp³-hybridized carbons (Fsp3) is 0.467. The highest BCUT2D eigenvalue weighted by Crippen LogP contribution is 2.27. The predicted octanol–water partition coefficient (Wildman–Crippen LogP) is 1.74. The Morgan fingerprint density at radius 2 is 2.11 bits per heavy atom. The van der Waals surface area contributed by atoms with Crippen LogP contribution >= 0.6 is 0 Å². The molecule has 1 aromatic rings. The molecule has 0 spiro atoms. The van der Waals surface area contributed by atoms with Crippen molar-refractivity contribution in [1.82, 2.24) is 10.6 Å². The second kappa shape index (κ2) is 6.35. The van der Waals surface area contributed by atoms with Crippen molar-refractivity contribution >= 4 is 5.91 Å². The van der Waals surface area contributed by atoms with Crippen molar-refractivity contribution in [3.63, 3.8) is 0 Å². The molecule has 4 heteroatoms. The van der Waals surface area contributed by atoms with Gasteiger partial charge in [-0.05, 0) is 43.4 Å². The summed E-state index contributed by atoms with van der Waals surface area (Å²) in [5.41, 5.74) is 1.73. The Morgan fingerprint density at radius 3 is 2.68 bits per heavy atom. The molecule has 0 radical (unpaired) electrons. The molecule has 2 rings (SSSR count). The first kappa shape index (κ1) is 13.6. The third-order valence-electron chi connectivity index (χ3n) is 3.39. The average Bonchev–Trinajstić information content (AvgIpc) is 3.26. The van der Waals surface area contributed by atoms with E-state index in [0.717, 1.165) is 12.1 Å². The minimum atomic E-state index is 0.0485. The van der Waals surface area contributed by atoms with Crippen molar-refractivity contribution in [2.24, 2.45) is 5.92 Å². The molecule has 4 nitrogen and oxygen atoms in total. The van der Waals surface area contributed by atoms with Gasteiger partial charge in [0, 0.05) is 12.6 Å². The van der Waals surface area contributed by atoms with Gasteiger partial charge in [0.25, 0.3) is 0 Å². The molecule has 1 atom stereocenters. The number of amides is 1. The Balaban J connectivity index is 1.74. The fourth-order valence-electron chi connectivity index (χ4n) is 1.85. The van der Waals surface area contributed by atoms with E-state index in [1.54, 1.807) is 12.1 Å². The summed E-state index contributed by atoms with van der Waals surface area (Å²) in [7, 11) is 0. The Morgan fingerprint density at radius 1 is 1.42 bits per heavy atom. The largest absolute Gasteiger partial charge is 0.355 e. The molecular weight excluding hydrogens is 238 g/mol. The number of carbonyl (C=O) groups excluding carboxylic acids is 1. The molecule has 1 unspecified atom stereocenters. The van der Waals surface area contributed by atoms with Gasteiger partial charge in [0.2, 0.25) is 5.91 Å². The Labute approximate surface area is 113 Å². The highest BCUT2D eigenvalue weighted by Gasteiger charge is 2.21. The van der Waals surface area contributed by atoms with E-state index < -0.39 is 0 Å². The molecule has 2 N–H and O–H groups in total. The van der Waals surface area contributed by atoms with E-state index in [1.807, 2.05) is 19.1 Å². The number of benzene rings is 1.